The Morgan fingerprint density at radius 3 is 2.32 bits per heavy atom. The third-order valence-corrected chi connectivity index (χ3v) is 4.35. The molecule has 0 fully saturated rings. The van der Waals surface area contributed by atoms with E-state index < -0.39 is 12.0 Å². The van der Waals surface area contributed by atoms with Gasteiger partial charge in [-0.1, -0.05) is 30.3 Å². The number of carboxylic acids is 1. The average Bonchev–Trinajstić information content (AvgIpc) is 2.68. The largest absolute Gasteiger partial charge is 0.493 e. The van der Waals surface area contributed by atoms with E-state index in [-0.39, 0.29) is 12.5 Å². The van der Waals surface area contributed by atoms with Crippen LogP contribution in [-0.2, 0) is 11.2 Å². The number of hydrogen-bond acceptors (Lipinski definition) is 4. The quantitative estimate of drug-likeness (QED) is 0.612. The molecular weight excluding hydrogens is 360 g/mol. The number of methoxy groups -OCH3 is 2. The third-order valence-electron chi connectivity index (χ3n) is 4.35. The number of aliphatic carboxylic acids is 1. The molecule has 2 amide bonds. The van der Waals surface area contributed by atoms with Crippen molar-refractivity contribution in [2.45, 2.75) is 32.2 Å². The lowest BCUT2D eigenvalue weighted by Crippen LogP contribution is -2.39. The van der Waals surface area contributed by atoms with Gasteiger partial charge in [-0.05, 0) is 37.0 Å². The summed E-state index contributed by atoms with van der Waals surface area (Å²) in [5.41, 5.74) is 2.44. The molecule has 28 heavy (non-hydrogen) atoms. The summed E-state index contributed by atoms with van der Waals surface area (Å²) in [6.07, 6.45) is 0.863. The third kappa shape index (κ3) is 6.19. The van der Waals surface area contributed by atoms with Gasteiger partial charge in [0.15, 0.2) is 11.5 Å². The molecule has 0 saturated carbocycles. The second-order valence-corrected chi connectivity index (χ2v) is 6.44. The van der Waals surface area contributed by atoms with E-state index >= 15 is 0 Å². The number of carbonyl (C=O) groups excluding carboxylic acids is 1. The van der Waals surface area contributed by atoms with Crippen LogP contribution in [0.25, 0.3) is 0 Å². The second-order valence-electron chi connectivity index (χ2n) is 6.44. The number of rotatable bonds is 9. The number of anilines is 1. The lowest BCUT2D eigenvalue weighted by molar-refractivity contribution is -0.137. The topological polar surface area (TPSA) is 96.9 Å². The van der Waals surface area contributed by atoms with Crippen molar-refractivity contribution in [3.63, 3.8) is 0 Å². The molecule has 7 nitrogen and oxygen atoms in total. The van der Waals surface area contributed by atoms with Gasteiger partial charge in [-0.25, -0.2) is 4.79 Å². The van der Waals surface area contributed by atoms with Crippen molar-refractivity contribution in [1.82, 2.24) is 5.32 Å². The van der Waals surface area contributed by atoms with Crippen molar-refractivity contribution in [2.75, 3.05) is 19.5 Å². The molecule has 3 N–H and O–H groups in total. The molecule has 2 aromatic rings. The maximum Gasteiger partial charge on any atom is 0.319 e. The van der Waals surface area contributed by atoms with Gasteiger partial charge in [0.2, 0.25) is 0 Å². The molecule has 2 rings (SSSR count). The summed E-state index contributed by atoms with van der Waals surface area (Å²) in [6.45, 7) is 1.85. The molecule has 0 heterocycles. The minimum Gasteiger partial charge on any atom is -0.493 e. The molecule has 0 aromatic heterocycles. The van der Waals surface area contributed by atoms with E-state index in [0.717, 1.165) is 11.1 Å². The Balaban J connectivity index is 2.09. The molecule has 0 bridgehead atoms. The molecule has 1 atom stereocenters. The first kappa shape index (κ1) is 21.1. The Bertz CT molecular complexity index is 808. The van der Waals surface area contributed by atoms with Crippen LogP contribution in [0.2, 0.25) is 0 Å². The molecule has 7 heteroatoms. The van der Waals surface area contributed by atoms with Gasteiger partial charge >= 0.3 is 12.0 Å². The van der Waals surface area contributed by atoms with Crippen LogP contribution >= 0.6 is 0 Å². The van der Waals surface area contributed by atoms with Gasteiger partial charge in [0.05, 0.1) is 14.2 Å². The van der Waals surface area contributed by atoms with E-state index in [1.165, 1.54) is 7.11 Å². The van der Waals surface area contributed by atoms with E-state index in [0.29, 0.717) is 30.0 Å². The van der Waals surface area contributed by atoms with Crippen molar-refractivity contribution in [3.05, 3.63) is 53.6 Å². The number of hydrogen-bond donors (Lipinski definition) is 3. The molecular formula is C21H26N2O5. The molecule has 0 saturated heterocycles. The highest BCUT2D eigenvalue weighted by Gasteiger charge is 2.16. The van der Waals surface area contributed by atoms with Crippen LogP contribution in [0.3, 0.4) is 0 Å². The molecule has 0 spiro atoms. The first-order valence-corrected chi connectivity index (χ1v) is 8.98. The number of nitrogens with one attached hydrogen (secondary N) is 2. The standard InChI is InChI=1S/C21H26N2O5/c1-14-11-18(27-2)19(28-3)13-17(14)23-21(26)22-16(9-10-20(24)25)12-15-7-5-4-6-8-15/h4-8,11,13,16H,9-10,12H2,1-3H3,(H,24,25)(H2,22,23,26). The fourth-order valence-corrected chi connectivity index (χ4v) is 2.88. The van der Waals surface area contributed by atoms with Gasteiger partial charge in [-0.2, -0.15) is 0 Å². The van der Waals surface area contributed by atoms with E-state index in [4.69, 9.17) is 14.6 Å². The molecule has 0 aliphatic rings. The Labute approximate surface area is 164 Å². The van der Waals surface area contributed by atoms with Crippen LogP contribution in [0.15, 0.2) is 42.5 Å². The van der Waals surface area contributed by atoms with Gasteiger partial charge in [-0.3, -0.25) is 4.79 Å². The number of ether oxygens (including phenoxy) is 2. The first-order chi connectivity index (χ1) is 13.4. The lowest BCUT2D eigenvalue weighted by atomic mass is 10.0. The van der Waals surface area contributed by atoms with Gasteiger partial charge in [0.25, 0.3) is 0 Å². The van der Waals surface area contributed by atoms with Crippen LogP contribution in [0, 0.1) is 6.92 Å². The van der Waals surface area contributed by atoms with Gasteiger partial charge in [-0.15, -0.1) is 0 Å². The molecule has 0 aliphatic heterocycles. The highest BCUT2D eigenvalue weighted by Crippen LogP contribution is 2.32. The van der Waals surface area contributed by atoms with Crippen molar-refractivity contribution in [3.8, 4) is 11.5 Å². The Hall–Kier alpha value is -3.22. The van der Waals surface area contributed by atoms with Crippen molar-refractivity contribution >= 4 is 17.7 Å². The first-order valence-electron chi connectivity index (χ1n) is 8.98. The SMILES string of the molecule is COc1cc(C)c(NC(=O)NC(CCC(=O)O)Cc2ccccc2)cc1OC. The number of urea groups is 1. The van der Waals surface area contributed by atoms with Crippen LogP contribution in [-0.4, -0.2) is 37.4 Å². The predicted octanol–water partition coefficient (Wildman–Crippen LogP) is 3.61. The number of aryl methyl sites for hydroxylation is 1. The number of benzene rings is 2. The summed E-state index contributed by atoms with van der Waals surface area (Å²) < 4.78 is 10.5. The minimum absolute atomic E-state index is 0.0207. The molecule has 150 valence electrons. The monoisotopic (exact) mass is 386 g/mol. The highest BCUT2D eigenvalue weighted by atomic mass is 16.5. The smallest absolute Gasteiger partial charge is 0.319 e. The fraction of sp³-hybridized carbons (Fsp3) is 0.333. The Kier molecular flexibility index (Phi) is 7.68. The summed E-state index contributed by atoms with van der Waals surface area (Å²) in [6, 6.07) is 12.4. The normalized spacial score (nSPS) is 11.4. The van der Waals surface area contributed by atoms with Crippen LogP contribution < -0.4 is 20.1 Å². The summed E-state index contributed by atoms with van der Waals surface area (Å²) in [5.74, 6) is 0.195. The van der Waals surface area contributed by atoms with Crippen LogP contribution in [0.1, 0.15) is 24.0 Å². The van der Waals surface area contributed by atoms with Crippen molar-refractivity contribution in [2.24, 2.45) is 0 Å². The molecule has 0 radical (unpaired) electrons. The number of carbonyl (C=O) groups is 2. The van der Waals surface area contributed by atoms with Gasteiger partial charge in [0.1, 0.15) is 0 Å². The maximum atomic E-state index is 12.5. The second kappa shape index (κ2) is 10.2. The molecule has 2 aromatic carbocycles. The van der Waals surface area contributed by atoms with E-state index in [2.05, 4.69) is 10.6 Å². The van der Waals surface area contributed by atoms with E-state index in [9.17, 15) is 9.59 Å². The zero-order chi connectivity index (χ0) is 20.5. The summed E-state index contributed by atoms with van der Waals surface area (Å²) in [4.78, 5) is 23.5. The summed E-state index contributed by atoms with van der Waals surface area (Å²) >= 11 is 0. The van der Waals surface area contributed by atoms with E-state index in [1.54, 1.807) is 19.2 Å². The summed E-state index contributed by atoms with van der Waals surface area (Å²) in [5, 5.41) is 14.7. The van der Waals surface area contributed by atoms with Crippen molar-refractivity contribution < 1.29 is 24.2 Å². The zero-order valence-electron chi connectivity index (χ0n) is 16.3. The zero-order valence-corrected chi connectivity index (χ0v) is 16.3. The summed E-state index contributed by atoms with van der Waals surface area (Å²) in [7, 11) is 3.08. The average molecular weight is 386 g/mol. The molecule has 1 unspecified atom stereocenters. The van der Waals surface area contributed by atoms with Crippen LogP contribution in [0.4, 0.5) is 10.5 Å². The number of carboxylic acid groups (broad SMARTS) is 1. The van der Waals surface area contributed by atoms with Crippen LogP contribution in [0.5, 0.6) is 11.5 Å². The maximum absolute atomic E-state index is 12.5. The van der Waals surface area contributed by atoms with Gasteiger partial charge in [0, 0.05) is 24.2 Å². The predicted molar refractivity (Wildman–Crippen MR) is 107 cm³/mol. The van der Waals surface area contributed by atoms with Gasteiger partial charge < -0.3 is 25.2 Å². The Morgan fingerprint density at radius 1 is 1.07 bits per heavy atom. The number of amides is 2. The van der Waals surface area contributed by atoms with E-state index in [1.807, 2.05) is 37.3 Å². The molecule has 0 aliphatic carbocycles. The fourth-order valence-electron chi connectivity index (χ4n) is 2.88. The lowest BCUT2D eigenvalue weighted by Gasteiger charge is -2.20. The highest BCUT2D eigenvalue weighted by molar-refractivity contribution is 5.90. The van der Waals surface area contributed by atoms with Crippen molar-refractivity contribution in [1.29, 1.82) is 0 Å². The minimum atomic E-state index is -0.893. The Morgan fingerprint density at radius 2 is 1.71 bits per heavy atom.